The minimum atomic E-state index is -2.83. The van der Waals surface area contributed by atoms with E-state index in [0.717, 1.165) is 5.69 Å². The van der Waals surface area contributed by atoms with Gasteiger partial charge in [-0.3, -0.25) is 0 Å². The normalized spacial score (nSPS) is 11.2. The number of ether oxygens (including phenoxy) is 1. The fourth-order valence-electron chi connectivity index (χ4n) is 2.07. The second kappa shape index (κ2) is 7.57. The summed E-state index contributed by atoms with van der Waals surface area (Å²) in [6.07, 6.45) is 0. The number of rotatable bonds is 4. The molecule has 0 unspecified atom stereocenters. The van der Waals surface area contributed by atoms with E-state index in [-0.39, 0.29) is 11.2 Å². The highest BCUT2D eigenvalue weighted by Crippen LogP contribution is 2.23. The molecule has 0 bridgehead atoms. The molecule has 6 heteroatoms. The van der Waals surface area contributed by atoms with Gasteiger partial charge in [-0.15, -0.1) is 0 Å². The molecule has 24 heavy (non-hydrogen) atoms. The van der Waals surface area contributed by atoms with Gasteiger partial charge in [-0.05, 0) is 59.6 Å². The third-order valence-corrected chi connectivity index (χ3v) is 3.55. The zero-order chi connectivity index (χ0) is 17.7. The number of hydrogen-bond acceptors (Lipinski definition) is 2. The second-order valence-corrected chi connectivity index (χ2v) is 6.72. The van der Waals surface area contributed by atoms with E-state index < -0.39 is 6.61 Å². The van der Waals surface area contributed by atoms with Crippen molar-refractivity contribution in [3.63, 3.8) is 0 Å². The van der Waals surface area contributed by atoms with Gasteiger partial charge in [0.25, 0.3) is 0 Å². The minimum Gasteiger partial charge on any atom is -0.435 e. The molecule has 0 atom stereocenters. The van der Waals surface area contributed by atoms with Gasteiger partial charge in [0.2, 0.25) is 0 Å². The van der Waals surface area contributed by atoms with Crippen LogP contribution >= 0.6 is 12.2 Å². The van der Waals surface area contributed by atoms with Gasteiger partial charge in [0, 0.05) is 11.4 Å². The molecule has 0 saturated heterocycles. The van der Waals surface area contributed by atoms with Crippen molar-refractivity contribution in [2.75, 3.05) is 10.6 Å². The topological polar surface area (TPSA) is 33.3 Å². The van der Waals surface area contributed by atoms with E-state index in [2.05, 4.69) is 48.3 Å². The second-order valence-electron chi connectivity index (χ2n) is 6.31. The lowest BCUT2D eigenvalue weighted by atomic mass is 9.87. The van der Waals surface area contributed by atoms with E-state index in [1.807, 2.05) is 12.1 Å². The third kappa shape index (κ3) is 5.45. The van der Waals surface area contributed by atoms with E-state index in [1.165, 1.54) is 17.7 Å². The Bertz CT molecular complexity index is 680. The summed E-state index contributed by atoms with van der Waals surface area (Å²) in [6.45, 7) is 3.64. The molecule has 3 nitrogen and oxygen atoms in total. The predicted molar refractivity (Wildman–Crippen MR) is 98.1 cm³/mol. The van der Waals surface area contributed by atoms with Crippen LogP contribution < -0.4 is 15.4 Å². The Morgan fingerprint density at radius 1 is 0.917 bits per heavy atom. The molecule has 0 aliphatic heterocycles. The van der Waals surface area contributed by atoms with E-state index >= 15 is 0 Å². The van der Waals surface area contributed by atoms with Crippen molar-refractivity contribution in [1.82, 2.24) is 0 Å². The van der Waals surface area contributed by atoms with Crippen molar-refractivity contribution < 1.29 is 13.5 Å². The van der Waals surface area contributed by atoms with Gasteiger partial charge in [-0.2, -0.15) is 8.78 Å². The van der Waals surface area contributed by atoms with E-state index in [0.29, 0.717) is 10.8 Å². The summed E-state index contributed by atoms with van der Waals surface area (Å²) in [5.74, 6) is 0.104. The average molecular weight is 350 g/mol. The van der Waals surface area contributed by atoms with E-state index in [1.54, 1.807) is 12.1 Å². The van der Waals surface area contributed by atoms with Gasteiger partial charge in [0.15, 0.2) is 5.11 Å². The molecule has 2 aromatic rings. The highest BCUT2D eigenvalue weighted by molar-refractivity contribution is 7.80. The van der Waals surface area contributed by atoms with Gasteiger partial charge in [-0.25, -0.2) is 0 Å². The molecule has 2 aromatic carbocycles. The number of halogens is 2. The fourth-order valence-corrected chi connectivity index (χ4v) is 2.30. The quantitative estimate of drug-likeness (QED) is 0.724. The Morgan fingerprint density at radius 2 is 1.38 bits per heavy atom. The summed E-state index contributed by atoms with van der Waals surface area (Å²) in [7, 11) is 0. The standard InChI is InChI=1S/C18H20F2N2OS/c1-18(2,3)12-4-6-13(7-5-12)21-17(24)22-14-8-10-15(11-9-14)23-16(19)20/h4-11,16H,1-3H3,(H2,21,22,24). The number of anilines is 2. The lowest BCUT2D eigenvalue weighted by Gasteiger charge is -2.19. The van der Waals surface area contributed by atoms with Gasteiger partial charge >= 0.3 is 6.61 Å². The average Bonchev–Trinajstić information content (AvgIpc) is 2.48. The van der Waals surface area contributed by atoms with Crippen LogP contribution in [0.1, 0.15) is 26.3 Å². The summed E-state index contributed by atoms with van der Waals surface area (Å²) in [5, 5.41) is 6.50. The van der Waals surface area contributed by atoms with E-state index in [9.17, 15) is 8.78 Å². The number of thiocarbonyl (C=S) groups is 1. The molecule has 128 valence electrons. The molecule has 0 amide bonds. The van der Waals surface area contributed by atoms with E-state index in [4.69, 9.17) is 12.2 Å². The van der Waals surface area contributed by atoms with Crippen molar-refractivity contribution in [3.8, 4) is 5.75 Å². The molecular weight excluding hydrogens is 330 g/mol. The van der Waals surface area contributed by atoms with Crippen molar-refractivity contribution >= 4 is 28.7 Å². The van der Waals surface area contributed by atoms with Crippen LogP contribution in [0.2, 0.25) is 0 Å². The first-order valence-corrected chi connectivity index (χ1v) is 7.88. The van der Waals surface area contributed by atoms with Crippen molar-refractivity contribution in [3.05, 3.63) is 54.1 Å². The van der Waals surface area contributed by atoms with Gasteiger partial charge < -0.3 is 15.4 Å². The van der Waals surface area contributed by atoms with Crippen LogP contribution in [-0.2, 0) is 5.41 Å². The summed E-state index contributed by atoms with van der Waals surface area (Å²) < 4.78 is 28.5. The van der Waals surface area contributed by atoms with Crippen molar-refractivity contribution in [1.29, 1.82) is 0 Å². The van der Waals surface area contributed by atoms with Crippen LogP contribution in [0.3, 0.4) is 0 Å². The smallest absolute Gasteiger partial charge is 0.387 e. The first-order chi connectivity index (χ1) is 11.2. The molecule has 0 spiro atoms. The van der Waals surface area contributed by atoms with Crippen LogP contribution in [0.5, 0.6) is 5.75 Å². The number of hydrogen-bond donors (Lipinski definition) is 2. The van der Waals surface area contributed by atoms with Gasteiger partial charge in [0.1, 0.15) is 5.75 Å². The summed E-state index contributed by atoms with van der Waals surface area (Å²) in [4.78, 5) is 0. The van der Waals surface area contributed by atoms with Crippen molar-refractivity contribution in [2.24, 2.45) is 0 Å². The number of benzene rings is 2. The summed E-state index contributed by atoms with van der Waals surface area (Å²) >= 11 is 5.25. The molecule has 0 heterocycles. The maximum absolute atomic E-state index is 12.1. The zero-order valence-electron chi connectivity index (χ0n) is 13.8. The highest BCUT2D eigenvalue weighted by Gasteiger charge is 2.13. The summed E-state index contributed by atoms with van der Waals surface area (Å²) in [6, 6.07) is 14.2. The molecule has 2 N–H and O–H groups in total. The molecule has 0 aliphatic carbocycles. The van der Waals surface area contributed by atoms with Crippen LogP contribution in [0, 0.1) is 0 Å². The lowest BCUT2D eigenvalue weighted by molar-refractivity contribution is -0.0498. The maximum Gasteiger partial charge on any atom is 0.387 e. The number of nitrogens with one attached hydrogen (secondary N) is 2. The Balaban J connectivity index is 1.93. The first kappa shape index (κ1) is 18.1. The third-order valence-electron chi connectivity index (χ3n) is 3.35. The molecule has 0 fully saturated rings. The van der Waals surface area contributed by atoms with Gasteiger partial charge in [-0.1, -0.05) is 32.9 Å². The molecule has 0 saturated carbocycles. The van der Waals surface area contributed by atoms with Gasteiger partial charge in [0.05, 0.1) is 0 Å². The SMILES string of the molecule is CC(C)(C)c1ccc(NC(=S)Nc2ccc(OC(F)F)cc2)cc1. The molecule has 0 aromatic heterocycles. The van der Waals surface area contributed by atoms with Crippen LogP contribution in [-0.4, -0.2) is 11.7 Å². The van der Waals surface area contributed by atoms with Crippen molar-refractivity contribution in [2.45, 2.75) is 32.8 Å². The predicted octanol–water partition coefficient (Wildman–Crippen LogP) is 5.39. The van der Waals surface area contributed by atoms with Crippen LogP contribution in [0.4, 0.5) is 20.2 Å². The zero-order valence-corrected chi connectivity index (χ0v) is 14.6. The molecule has 0 radical (unpaired) electrons. The largest absolute Gasteiger partial charge is 0.435 e. The van der Waals surface area contributed by atoms with Crippen LogP contribution in [0.25, 0.3) is 0 Å². The minimum absolute atomic E-state index is 0.0966. The molecular formula is C18H20F2N2OS. The Kier molecular flexibility index (Phi) is 5.72. The monoisotopic (exact) mass is 350 g/mol. The summed E-state index contributed by atoms with van der Waals surface area (Å²) in [5.41, 5.74) is 2.89. The Morgan fingerprint density at radius 3 is 1.79 bits per heavy atom. The molecule has 0 aliphatic rings. The molecule has 2 rings (SSSR count). The first-order valence-electron chi connectivity index (χ1n) is 7.47. The lowest BCUT2D eigenvalue weighted by Crippen LogP contribution is -2.19. The Labute approximate surface area is 146 Å². The van der Waals surface area contributed by atoms with Crippen LogP contribution in [0.15, 0.2) is 48.5 Å². The maximum atomic E-state index is 12.1. The highest BCUT2D eigenvalue weighted by atomic mass is 32.1. The fraction of sp³-hybridized carbons (Fsp3) is 0.278. The number of alkyl halides is 2. The Hall–Kier alpha value is -2.21.